The zero-order valence-corrected chi connectivity index (χ0v) is 14.0. The summed E-state index contributed by atoms with van der Waals surface area (Å²) in [6, 6.07) is 0. The maximum Gasteiger partial charge on any atom is 0.155 e. The van der Waals surface area contributed by atoms with E-state index >= 15 is 0 Å². The molecule has 116 valence electrons. The lowest BCUT2D eigenvalue weighted by Crippen LogP contribution is -2.28. The number of hydrogen-bond donors (Lipinski definition) is 0. The third-order valence-corrected chi connectivity index (χ3v) is 5.10. The topological polar surface area (TPSA) is 35.0 Å². The van der Waals surface area contributed by atoms with Crippen LogP contribution >= 0.6 is 0 Å². The minimum absolute atomic E-state index is 0.285. The van der Waals surface area contributed by atoms with Gasteiger partial charge >= 0.3 is 0 Å². The van der Waals surface area contributed by atoms with E-state index in [2.05, 4.69) is 50.7 Å². The van der Waals surface area contributed by atoms with E-state index in [1.165, 1.54) is 24.8 Å². The summed E-state index contributed by atoms with van der Waals surface area (Å²) < 4.78 is 5.96. The van der Waals surface area contributed by atoms with E-state index < -0.39 is 0 Å². The fraction of sp³-hybridized carbons (Fsp3) is 0.667. The number of allylic oxidation sites excluding steroid dienone is 2. The molecule has 1 fully saturated rings. The summed E-state index contributed by atoms with van der Waals surface area (Å²) in [7, 11) is 0. The fourth-order valence-electron chi connectivity index (χ4n) is 3.25. The van der Waals surface area contributed by atoms with Crippen LogP contribution in [0.1, 0.15) is 65.6 Å². The van der Waals surface area contributed by atoms with Crippen molar-refractivity contribution >= 4 is 0 Å². The Labute approximate surface area is 128 Å². The SMILES string of the molecule is C/C=C(/C)[C@]1(C)CCC[C@@H]1COc1cnc(C(C)C)nc1. The lowest BCUT2D eigenvalue weighted by atomic mass is 9.74. The van der Waals surface area contributed by atoms with Crippen LogP contribution in [0.5, 0.6) is 5.75 Å². The van der Waals surface area contributed by atoms with Gasteiger partial charge in [-0.3, -0.25) is 0 Å². The molecule has 1 aliphatic carbocycles. The first kappa shape index (κ1) is 16.0. The Morgan fingerprint density at radius 3 is 2.67 bits per heavy atom. The quantitative estimate of drug-likeness (QED) is 0.733. The predicted molar refractivity (Wildman–Crippen MR) is 86.5 cm³/mol. The van der Waals surface area contributed by atoms with Crippen LogP contribution in [0.2, 0.25) is 0 Å². The number of aromatic nitrogens is 2. The second kappa shape index (κ2) is 6.59. The molecule has 0 aromatic carbocycles. The molecule has 3 nitrogen and oxygen atoms in total. The molecule has 2 atom stereocenters. The maximum absolute atomic E-state index is 5.96. The van der Waals surface area contributed by atoms with Crippen LogP contribution in [0.4, 0.5) is 0 Å². The summed E-state index contributed by atoms with van der Waals surface area (Å²) in [5, 5.41) is 0. The Morgan fingerprint density at radius 1 is 1.43 bits per heavy atom. The molecule has 0 unspecified atom stereocenters. The van der Waals surface area contributed by atoms with E-state index in [1.54, 1.807) is 12.4 Å². The average Bonchev–Trinajstić information content (AvgIpc) is 2.87. The molecule has 21 heavy (non-hydrogen) atoms. The molecule has 0 amide bonds. The van der Waals surface area contributed by atoms with Gasteiger partial charge in [-0.1, -0.05) is 38.8 Å². The summed E-state index contributed by atoms with van der Waals surface area (Å²) >= 11 is 0. The molecule has 0 aliphatic heterocycles. The molecular formula is C18H28N2O. The molecule has 1 heterocycles. The van der Waals surface area contributed by atoms with Gasteiger partial charge in [-0.25, -0.2) is 9.97 Å². The number of rotatable bonds is 5. The van der Waals surface area contributed by atoms with Crippen molar-refractivity contribution in [1.29, 1.82) is 0 Å². The van der Waals surface area contributed by atoms with E-state index in [-0.39, 0.29) is 5.41 Å². The van der Waals surface area contributed by atoms with Crippen LogP contribution < -0.4 is 4.74 Å². The van der Waals surface area contributed by atoms with Crippen molar-refractivity contribution in [2.75, 3.05) is 6.61 Å². The Kier molecular flexibility index (Phi) is 5.02. The van der Waals surface area contributed by atoms with Crippen molar-refractivity contribution < 1.29 is 4.74 Å². The summed E-state index contributed by atoms with van der Waals surface area (Å²) in [5.74, 6) is 2.59. The maximum atomic E-state index is 5.96. The van der Waals surface area contributed by atoms with Crippen LogP contribution in [0.25, 0.3) is 0 Å². The molecule has 1 aromatic rings. The highest BCUT2D eigenvalue weighted by Gasteiger charge is 2.40. The van der Waals surface area contributed by atoms with E-state index in [9.17, 15) is 0 Å². The van der Waals surface area contributed by atoms with Crippen molar-refractivity contribution in [1.82, 2.24) is 9.97 Å². The molecule has 0 saturated heterocycles. The lowest BCUT2D eigenvalue weighted by Gasteiger charge is -2.32. The van der Waals surface area contributed by atoms with Gasteiger partial charge in [0.25, 0.3) is 0 Å². The van der Waals surface area contributed by atoms with Gasteiger partial charge in [0.2, 0.25) is 0 Å². The number of hydrogen-bond acceptors (Lipinski definition) is 3. The molecule has 0 bridgehead atoms. The van der Waals surface area contributed by atoms with Gasteiger partial charge in [-0.05, 0) is 32.1 Å². The number of ether oxygens (including phenoxy) is 1. The van der Waals surface area contributed by atoms with Crippen LogP contribution in [0.15, 0.2) is 24.0 Å². The fourth-order valence-corrected chi connectivity index (χ4v) is 3.25. The van der Waals surface area contributed by atoms with Gasteiger partial charge in [0.05, 0.1) is 19.0 Å². The van der Waals surface area contributed by atoms with Gasteiger partial charge in [-0.15, -0.1) is 0 Å². The van der Waals surface area contributed by atoms with Crippen LogP contribution in [0, 0.1) is 11.3 Å². The minimum Gasteiger partial charge on any atom is -0.490 e. The van der Waals surface area contributed by atoms with Gasteiger partial charge in [0.1, 0.15) is 5.82 Å². The molecule has 1 saturated carbocycles. The first-order valence-corrected chi connectivity index (χ1v) is 8.05. The van der Waals surface area contributed by atoms with Gasteiger partial charge in [-0.2, -0.15) is 0 Å². The molecule has 0 N–H and O–H groups in total. The number of nitrogens with zero attached hydrogens (tertiary/aromatic N) is 2. The molecular weight excluding hydrogens is 260 g/mol. The van der Waals surface area contributed by atoms with Gasteiger partial charge in [0, 0.05) is 11.8 Å². The summed E-state index contributed by atoms with van der Waals surface area (Å²) in [6.07, 6.45) is 9.65. The third kappa shape index (κ3) is 3.45. The standard InChI is InChI=1S/C18H28N2O/c1-6-14(4)18(5)9-7-8-15(18)12-21-16-10-19-17(13(2)3)20-11-16/h6,10-11,13,15H,7-9,12H2,1-5H3/b14-6-/t15-,18+/m1/s1. The molecule has 2 rings (SSSR count). The summed E-state index contributed by atoms with van der Waals surface area (Å²) in [5.41, 5.74) is 1.77. The zero-order chi connectivity index (χ0) is 15.5. The van der Waals surface area contributed by atoms with Crippen LogP contribution in [-0.2, 0) is 0 Å². The minimum atomic E-state index is 0.285. The molecule has 0 radical (unpaired) electrons. The highest BCUT2D eigenvalue weighted by Crippen LogP contribution is 2.48. The van der Waals surface area contributed by atoms with Crippen molar-refractivity contribution in [2.24, 2.45) is 11.3 Å². The third-order valence-electron chi connectivity index (χ3n) is 5.10. The van der Waals surface area contributed by atoms with Crippen molar-refractivity contribution in [3.8, 4) is 5.75 Å². The average molecular weight is 288 g/mol. The highest BCUT2D eigenvalue weighted by molar-refractivity contribution is 5.16. The normalized spacial score (nSPS) is 26.4. The Bertz CT molecular complexity index is 492. The van der Waals surface area contributed by atoms with Crippen LogP contribution in [-0.4, -0.2) is 16.6 Å². The molecule has 1 aliphatic rings. The molecule has 3 heteroatoms. The van der Waals surface area contributed by atoms with E-state index in [0.29, 0.717) is 11.8 Å². The van der Waals surface area contributed by atoms with Gasteiger partial charge < -0.3 is 4.74 Å². The summed E-state index contributed by atoms with van der Waals surface area (Å²) in [6.45, 7) is 11.7. The Morgan fingerprint density at radius 2 is 2.10 bits per heavy atom. The predicted octanol–water partition coefficient (Wildman–Crippen LogP) is 4.75. The molecule has 1 aromatic heterocycles. The second-order valence-corrected chi connectivity index (χ2v) is 6.72. The van der Waals surface area contributed by atoms with E-state index in [4.69, 9.17) is 4.74 Å². The largest absolute Gasteiger partial charge is 0.490 e. The first-order valence-electron chi connectivity index (χ1n) is 8.05. The van der Waals surface area contributed by atoms with E-state index in [0.717, 1.165) is 18.2 Å². The van der Waals surface area contributed by atoms with E-state index in [1.807, 2.05) is 0 Å². The monoisotopic (exact) mass is 288 g/mol. The van der Waals surface area contributed by atoms with Crippen molar-refractivity contribution in [3.05, 3.63) is 29.9 Å². The van der Waals surface area contributed by atoms with Crippen molar-refractivity contribution in [2.45, 2.75) is 59.8 Å². The first-order chi connectivity index (χ1) is 9.97. The lowest BCUT2D eigenvalue weighted by molar-refractivity contribution is 0.172. The highest BCUT2D eigenvalue weighted by atomic mass is 16.5. The smallest absolute Gasteiger partial charge is 0.155 e. The molecule has 0 spiro atoms. The van der Waals surface area contributed by atoms with Crippen LogP contribution in [0.3, 0.4) is 0 Å². The summed E-state index contributed by atoms with van der Waals surface area (Å²) in [4.78, 5) is 8.73. The van der Waals surface area contributed by atoms with Crippen molar-refractivity contribution in [3.63, 3.8) is 0 Å². The second-order valence-electron chi connectivity index (χ2n) is 6.72. The van der Waals surface area contributed by atoms with Gasteiger partial charge in [0.15, 0.2) is 5.75 Å². The Balaban J connectivity index is 1.99. The zero-order valence-electron chi connectivity index (χ0n) is 14.0. The Hall–Kier alpha value is -1.38.